The largest absolute Gasteiger partial charge is 0.460 e. The van der Waals surface area contributed by atoms with E-state index in [-0.39, 0.29) is 11.7 Å². The van der Waals surface area contributed by atoms with E-state index in [1.165, 1.54) is 0 Å². The van der Waals surface area contributed by atoms with Gasteiger partial charge in [0.1, 0.15) is 0 Å². The molecule has 4 nitrogen and oxygen atoms in total. The van der Waals surface area contributed by atoms with Crippen molar-refractivity contribution in [3.8, 4) is 11.5 Å². The number of oxazole rings is 1. The number of nitrogens with zero attached hydrogens (tertiary/aromatic N) is 1. The van der Waals surface area contributed by atoms with Gasteiger partial charge in [-0.1, -0.05) is 31.5 Å². The second kappa shape index (κ2) is 6.31. The molecule has 112 valence electrons. The van der Waals surface area contributed by atoms with Gasteiger partial charge in [-0.05, 0) is 37.5 Å². The van der Waals surface area contributed by atoms with Crippen LogP contribution in [0.25, 0.3) is 11.5 Å². The molecule has 2 aromatic rings. The minimum absolute atomic E-state index is 0.0582. The maximum Gasteiger partial charge on any atom is 0.376 e. The minimum Gasteiger partial charge on any atom is -0.460 e. The van der Waals surface area contributed by atoms with Crippen LogP contribution >= 0.6 is 11.6 Å². The van der Waals surface area contributed by atoms with Crippen molar-refractivity contribution in [1.82, 2.24) is 4.98 Å². The van der Waals surface area contributed by atoms with Crippen molar-refractivity contribution in [2.24, 2.45) is 0 Å². The summed E-state index contributed by atoms with van der Waals surface area (Å²) in [5.74, 6) is 0.114. The molecule has 0 bridgehead atoms. The molecule has 0 atom stereocenters. The number of rotatable bonds is 4. The fraction of sp³-hybridized carbons (Fsp3) is 0.375. The van der Waals surface area contributed by atoms with E-state index in [1.807, 2.05) is 32.9 Å². The van der Waals surface area contributed by atoms with Crippen LogP contribution in [0.15, 0.2) is 22.6 Å². The molecule has 0 spiro atoms. The summed E-state index contributed by atoms with van der Waals surface area (Å²) in [4.78, 5) is 16.4. The maximum absolute atomic E-state index is 12.0. The average Bonchev–Trinajstić information content (AvgIpc) is 2.87. The summed E-state index contributed by atoms with van der Waals surface area (Å²) in [7, 11) is 0. The molecule has 1 aromatic carbocycles. The van der Waals surface area contributed by atoms with Gasteiger partial charge in [0.2, 0.25) is 11.7 Å². The summed E-state index contributed by atoms with van der Waals surface area (Å²) in [5.41, 5.74) is 2.31. The highest BCUT2D eigenvalue weighted by molar-refractivity contribution is 6.31. The molecular weight excluding hydrogens is 290 g/mol. The third-order valence-corrected chi connectivity index (χ3v) is 3.49. The van der Waals surface area contributed by atoms with E-state index in [4.69, 9.17) is 20.8 Å². The Morgan fingerprint density at radius 3 is 2.71 bits per heavy atom. The molecule has 0 unspecified atom stereocenters. The zero-order chi connectivity index (χ0) is 15.6. The first kappa shape index (κ1) is 15.6. The lowest BCUT2D eigenvalue weighted by Crippen LogP contribution is -2.07. The van der Waals surface area contributed by atoms with Crippen molar-refractivity contribution in [1.29, 1.82) is 0 Å². The van der Waals surface area contributed by atoms with Crippen LogP contribution in [0.1, 0.15) is 48.5 Å². The predicted octanol–water partition coefficient (Wildman–Crippen LogP) is 4.60. The molecule has 0 fully saturated rings. The number of carbonyl (C=O) groups is 1. The molecule has 0 aliphatic rings. The Hall–Kier alpha value is -1.81. The summed E-state index contributed by atoms with van der Waals surface area (Å²) >= 11 is 6.12. The van der Waals surface area contributed by atoms with Crippen LogP contribution in [0.3, 0.4) is 0 Å². The van der Waals surface area contributed by atoms with Gasteiger partial charge in [0.05, 0.1) is 12.3 Å². The molecule has 2 rings (SSSR count). The Morgan fingerprint density at radius 2 is 2.14 bits per heavy atom. The molecule has 0 saturated carbocycles. The SMILES string of the molecule is CCOC(=O)c1oc(-c2ccc(C)c(Cl)c2)nc1C(C)C. The van der Waals surface area contributed by atoms with E-state index >= 15 is 0 Å². The Morgan fingerprint density at radius 1 is 1.43 bits per heavy atom. The molecule has 0 radical (unpaired) electrons. The van der Waals surface area contributed by atoms with Gasteiger partial charge in [-0.15, -0.1) is 0 Å². The number of esters is 1. The maximum atomic E-state index is 12.0. The molecule has 5 heteroatoms. The number of aromatic nitrogens is 1. The molecule has 0 aliphatic heterocycles. The summed E-state index contributed by atoms with van der Waals surface area (Å²) in [6.45, 7) is 7.87. The van der Waals surface area contributed by atoms with Crippen molar-refractivity contribution < 1.29 is 13.9 Å². The fourth-order valence-electron chi connectivity index (χ4n) is 1.92. The molecule has 0 saturated heterocycles. The Bertz CT molecular complexity index is 662. The summed E-state index contributed by atoms with van der Waals surface area (Å²) in [6, 6.07) is 5.54. The highest BCUT2D eigenvalue weighted by Gasteiger charge is 2.24. The highest BCUT2D eigenvalue weighted by Crippen LogP contribution is 2.29. The lowest BCUT2D eigenvalue weighted by molar-refractivity contribution is 0.0488. The third-order valence-electron chi connectivity index (χ3n) is 3.08. The smallest absolute Gasteiger partial charge is 0.376 e. The van der Waals surface area contributed by atoms with E-state index in [2.05, 4.69) is 4.98 Å². The van der Waals surface area contributed by atoms with Gasteiger partial charge < -0.3 is 9.15 Å². The summed E-state index contributed by atoms with van der Waals surface area (Å²) in [5, 5.41) is 0.634. The monoisotopic (exact) mass is 307 g/mol. The first-order valence-electron chi connectivity index (χ1n) is 6.88. The third kappa shape index (κ3) is 3.27. The van der Waals surface area contributed by atoms with Gasteiger partial charge in [-0.25, -0.2) is 9.78 Å². The topological polar surface area (TPSA) is 52.3 Å². The van der Waals surface area contributed by atoms with Gasteiger partial charge in [0.25, 0.3) is 0 Å². The quantitative estimate of drug-likeness (QED) is 0.774. The van der Waals surface area contributed by atoms with Crippen LogP contribution in [-0.4, -0.2) is 17.6 Å². The number of aryl methyl sites for hydroxylation is 1. The fourth-order valence-corrected chi connectivity index (χ4v) is 2.10. The lowest BCUT2D eigenvalue weighted by Gasteiger charge is -2.02. The van der Waals surface area contributed by atoms with Gasteiger partial charge >= 0.3 is 5.97 Å². The molecule has 0 amide bonds. The lowest BCUT2D eigenvalue weighted by atomic mass is 10.1. The first-order chi connectivity index (χ1) is 9.93. The van der Waals surface area contributed by atoms with E-state index in [1.54, 1.807) is 13.0 Å². The number of benzene rings is 1. The zero-order valence-electron chi connectivity index (χ0n) is 12.6. The van der Waals surface area contributed by atoms with Crippen LogP contribution < -0.4 is 0 Å². The Labute approximate surface area is 129 Å². The molecule has 21 heavy (non-hydrogen) atoms. The van der Waals surface area contributed by atoms with Crippen molar-refractivity contribution in [2.75, 3.05) is 6.61 Å². The molecule has 0 aliphatic carbocycles. The Balaban J connectivity index is 2.48. The predicted molar refractivity (Wildman–Crippen MR) is 81.7 cm³/mol. The molecule has 1 aromatic heterocycles. The van der Waals surface area contributed by atoms with Crippen molar-refractivity contribution in [2.45, 2.75) is 33.6 Å². The van der Waals surface area contributed by atoms with Crippen LogP contribution in [-0.2, 0) is 4.74 Å². The van der Waals surface area contributed by atoms with Crippen molar-refractivity contribution in [3.63, 3.8) is 0 Å². The highest BCUT2D eigenvalue weighted by atomic mass is 35.5. The van der Waals surface area contributed by atoms with Crippen molar-refractivity contribution >= 4 is 17.6 Å². The average molecular weight is 308 g/mol. The van der Waals surface area contributed by atoms with Gasteiger partial charge in [0.15, 0.2) is 0 Å². The van der Waals surface area contributed by atoms with Gasteiger partial charge in [0, 0.05) is 10.6 Å². The van der Waals surface area contributed by atoms with Crippen LogP contribution in [0.4, 0.5) is 0 Å². The number of halogens is 1. The van der Waals surface area contributed by atoms with Gasteiger partial charge in [-0.3, -0.25) is 0 Å². The number of ether oxygens (including phenoxy) is 1. The second-order valence-corrected chi connectivity index (χ2v) is 5.48. The number of hydrogen-bond acceptors (Lipinski definition) is 4. The van der Waals surface area contributed by atoms with Gasteiger partial charge in [-0.2, -0.15) is 0 Å². The minimum atomic E-state index is -0.488. The van der Waals surface area contributed by atoms with E-state index < -0.39 is 5.97 Å². The molecule has 0 N–H and O–H groups in total. The van der Waals surface area contributed by atoms with E-state index in [0.29, 0.717) is 23.2 Å². The van der Waals surface area contributed by atoms with Crippen LogP contribution in [0, 0.1) is 6.92 Å². The zero-order valence-corrected chi connectivity index (χ0v) is 13.3. The summed E-state index contributed by atoms with van der Waals surface area (Å²) in [6.07, 6.45) is 0. The number of hydrogen-bond donors (Lipinski definition) is 0. The Kier molecular flexibility index (Phi) is 4.68. The molecule has 1 heterocycles. The summed E-state index contributed by atoms with van der Waals surface area (Å²) < 4.78 is 10.6. The number of carbonyl (C=O) groups excluding carboxylic acids is 1. The van der Waals surface area contributed by atoms with Crippen LogP contribution in [0.5, 0.6) is 0 Å². The van der Waals surface area contributed by atoms with Crippen molar-refractivity contribution in [3.05, 3.63) is 40.2 Å². The standard InChI is InChI=1S/C16H18ClNO3/c1-5-20-16(19)14-13(9(2)3)18-15(21-14)11-7-6-10(4)12(17)8-11/h6-9H,5H2,1-4H3. The normalized spacial score (nSPS) is 11.0. The second-order valence-electron chi connectivity index (χ2n) is 5.07. The van der Waals surface area contributed by atoms with Crippen LogP contribution in [0.2, 0.25) is 5.02 Å². The van der Waals surface area contributed by atoms with E-state index in [9.17, 15) is 4.79 Å². The van der Waals surface area contributed by atoms with E-state index in [0.717, 1.165) is 11.1 Å². The molecular formula is C16H18ClNO3. The first-order valence-corrected chi connectivity index (χ1v) is 7.26.